The fourth-order valence-electron chi connectivity index (χ4n) is 8.89. The van der Waals surface area contributed by atoms with Gasteiger partial charge < -0.3 is 4.74 Å². The minimum absolute atomic E-state index is 0.00314. The number of carbonyl (C=O) groups excluding carboxylic acids is 1. The summed E-state index contributed by atoms with van der Waals surface area (Å²) in [5, 5.41) is 0. The average molecular weight is 489 g/mol. The van der Waals surface area contributed by atoms with Crippen molar-refractivity contribution in [1.82, 2.24) is 0 Å². The van der Waals surface area contributed by atoms with E-state index in [0.29, 0.717) is 16.9 Å². The lowest BCUT2D eigenvalue weighted by atomic mass is 9.50. The van der Waals surface area contributed by atoms with Gasteiger partial charge in [0, 0.05) is 6.42 Å². The van der Waals surface area contributed by atoms with Crippen molar-refractivity contribution in [2.45, 2.75) is 105 Å². The smallest absolute Gasteiger partial charge is 0.338 e. The molecule has 0 bridgehead atoms. The van der Waals surface area contributed by atoms with Crippen molar-refractivity contribution < 1.29 is 9.53 Å². The normalized spacial score (nSPS) is 36.3. The summed E-state index contributed by atoms with van der Waals surface area (Å²) in [4.78, 5) is 12.7. The summed E-state index contributed by atoms with van der Waals surface area (Å²) in [5.41, 5.74) is 4.66. The summed E-state index contributed by atoms with van der Waals surface area (Å²) in [5.74, 6) is 3.81. The van der Waals surface area contributed by atoms with Crippen LogP contribution in [0.1, 0.15) is 109 Å². The van der Waals surface area contributed by atoms with Crippen LogP contribution in [0.3, 0.4) is 0 Å². The van der Waals surface area contributed by atoms with Gasteiger partial charge in [-0.15, -0.1) is 0 Å². The van der Waals surface area contributed by atoms with E-state index in [1.165, 1.54) is 50.5 Å². The van der Waals surface area contributed by atoms with Gasteiger partial charge in [0.25, 0.3) is 0 Å². The van der Waals surface area contributed by atoms with Crippen LogP contribution in [0, 0.1) is 40.4 Å². The molecular weight excluding hydrogens is 440 g/mol. The summed E-state index contributed by atoms with van der Waals surface area (Å²) >= 11 is 0. The third kappa shape index (κ3) is 4.63. The minimum atomic E-state index is -0.176. The molecule has 0 aromatic heterocycles. The average Bonchev–Trinajstić information content (AvgIpc) is 3.22. The Hall–Kier alpha value is -1.83. The lowest BCUT2D eigenvalue weighted by Crippen LogP contribution is -2.46. The standard InChI is InChI=1S/C34H48O2/c1-23(2)10-9-11-24(3)29-16-17-30-28-15-14-26-22-27(36-32(35)25-12-7-6-8-13-25)18-20-33(26,4)31(28)19-21-34(29,30)5/h6-8,12-15,23-24,27,29-31H,9-11,16-22H2,1-5H3/t24-,27+,29?,30+,31+,33+,34-/m1/s1. The molecule has 2 nitrogen and oxygen atoms in total. The maximum absolute atomic E-state index is 12.7. The number of allylic oxidation sites excluding steroid dienone is 3. The quantitative estimate of drug-likeness (QED) is 0.358. The Labute approximate surface area is 220 Å². The van der Waals surface area contributed by atoms with E-state index >= 15 is 0 Å². The number of benzene rings is 1. The Morgan fingerprint density at radius 3 is 2.47 bits per heavy atom. The highest BCUT2D eigenvalue weighted by Gasteiger charge is 2.57. The first-order chi connectivity index (χ1) is 17.2. The van der Waals surface area contributed by atoms with Crippen molar-refractivity contribution in [2.75, 3.05) is 0 Å². The molecule has 0 radical (unpaired) electrons. The number of fused-ring (bicyclic) bond motifs is 5. The highest BCUT2D eigenvalue weighted by molar-refractivity contribution is 5.89. The van der Waals surface area contributed by atoms with Gasteiger partial charge in [-0.3, -0.25) is 0 Å². The molecule has 0 saturated heterocycles. The van der Waals surface area contributed by atoms with Crippen molar-refractivity contribution in [3.05, 3.63) is 59.2 Å². The van der Waals surface area contributed by atoms with Crippen LogP contribution in [0.2, 0.25) is 0 Å². The zero-order valence-corrected chi connectivity index (χ0v) is 23.4. The zero-order chi connectivity index (χ0) is 25.5. The van der Waals surface area contributed by atoms with Crippen molar-refractivity contribution in [3.8, 4) is 0 Å². The van der Waals surface area contributed by atoms with Gasteiger partial charge in [0.2, 0.25) is 0 Å². The van der Waals surface area contributed by atoms with Crippen LogP contribution in [0.25, 0.3) is 0 Å². The Bertz CT molecular complexity index is 1000. The van der Waals surface area contributed by atoms with Crippen LogP contribution in [-0.4, -0.2) is 12.1 Å². The SMILES string of the molecule is CC(C)CCC[C@@H](C)C1CC[C@H]2C3=CC=C4C[C@@H](OC(=O)c5ccccc5)CC[C@]4(C)[C@H]3CC[C@]12C. The molecule has 4 aliphatic rings. The molecular formula is C34H48O2. The summed E-state index contributed by atoms with van der Waals surface area (Å²) in [6.07, 6.45) is 17.7. The van der Waals surface area contributed by atoms with E-state index in [4.69, 9.17) is 4.74 Å². The maximum Gasteiger partial charge on any atom is 0.338 e. The third-order valence-electron chi connectivity index (χ3n) is 11.0. The summed E-state index contributed by atoms with van der Waals surface area (Å²) in [7, 11) is 0. The molecule has 0 amide bonds. The Balaban J connectivity index is 1.29. The molecule has 3 saturated carbocycles. The first-order valence-corrected chi connectivity index (χ1v) is 14.9. The Morgan fingerprint density at radius 1 is 0.944 bits per heavy atom. The maximum atomic E-state index is 12.7. The number of carbonyl (C=O) groups is 1. The summed E-state index contributed by atoms with van der Waals surface area (Å²) in [6, 6.07) is 9.45. The van der Waals surface area contributed by atoms with Crippen LogP contribution in [0.4, 0.5) is 0 Å². The number of hydrogen-bond donors (Lipinski definition) is 0. The topological polar surface area (TPSA) is 26.3 Å². The highest BCUT2D eigenvalue weighted by atomic mass is 16.5. The Morgan fingerprint density at radius 2 is 1.72 bits per heavy atom. The van der Waals surface area contributed by atoms with Crippen LogP contribution in [0.5, 0.6) is 0 Å². The molecule has 36 heavy (non-hydrogen) atoms. The molecule has 1 aromatic carbocycles. The Kier molecular flexibility index (Phi) is 7.27. The van der Waals surface area contributed by atoms with Crippen LogP contribution >= 0.6 is 0 Å². The van der Waals surface area contributed by atoms with E-state index in [0.717, 1.165) is 42.9 Å². The van der Waals surface area contributed by atoms with Gasteiger partial charge in [-0.05, 0) is 91.1 Å². The van der Waals surface area contributed by atoms with Gasteiger partial charge in [-0.2, -0.15) is 0 Å². The zero-order valence-electron chi connectivity index (χ0n) is 23.4. The van der Waals surface area contributed by atoms with Crippen LogP contribution in [-0.2, 0) is 4.74 Å². The molecule has 5 rings (SSSR count). The van der Waals surface area contributed by atoms with Crippen molar-refractivity contribution in [2.24, 2.45) is 40.4 Å². The minimum Gasteiger partial charge on any atom is -0.458 e. The molecule has 4 aliphatic carbocycles. The van der Waals surface area contributed by atoms with E-state index in [2.05, 4.69) is 46.8 Å². The van der Waals surface area contributed by atoms with Crippen molar-refractivity contribution >= 4 is 5.97 Å². The van der Waals surface area contributed by atoms with E-state index in [1.54, 1.807) is 5.57 Å². The van der Waals surface area contributed by atoms with Gasteiger partial charge in [-0.1, -0.05) is 95.4 Å². The van der Waals surface area contributed by atoms with E-state index < -0.39 is 0 Å². The lowest BCUT2D eigenvalue weighted by Gasteiger charge is -2.55. The highest BCUT2D eigenvalue weighted by Crippen LogP contribution is 2.66. The first kappa shape index (κ1) is 25.8. The number of ether oxygens (including phenoxy) is 1. The third-order valence-corrected chi connectivity index (χ3v) is 11.0. The van der Waals surface area contributed by atoms with Gasteiger partial charge >= 0.3 is 5.97 Å². The second kappa shape index (κ2) is 10.1. The molecule has 196 valence electrons. The second-order valence-corrected chi connectivity index (χ2v) is 13.5. The molecule has 7 atom stereocenters. The van der Waals surface area contributed by atoms with Gasteiger partial charge in [0.05, 0.1) is 5.56 Å². The fourth-order valence-corrected chi connectivity index (χ4v) is 8.89. The molecule has 1 aromatic rings. The van der Waals surface area contributed by atoms with E-state index in [9.17, 15) is 4.79 Å². The summed E-state index contributed by atoms with van der Waals surface area (Å²) in [6.45, 7) is 12.4. The predicted octanol–water partition coefficient (Wildman–Crippen LogP) is 9.17. The van der Waals surface area contributed by atoms with Crippen LogP contribution < -0.4 is 0 Å². The molecule has 0 spiro atoms. The number of esters is 1. The first-order valence-electron chi connectivity index (χ1n) is 14.9. The molecule has 1 unspecified atom stereocenters. The molecule has 0 heterocycles. The molecule has 3 fully saturated rings. The second-order valence-electron chi connectivity index (χ2n) is 13.5. The van der Waals surface area contributed by atoms with E-state index in [-0.39, 0.29) is 17.5 Å². The van der Waals surface area contributed by atoms with Gasteiger partial charge in [0.15, 0.2) is 0 Å². The monoisotopic (exact) mass is 488 g/mol. The van der Waals surface area contributed by atoms with Crippen molar-refractivity contribution in [1.29, 1.82) is 0 Å². The summed E-state index contributed by atoms with van der Waals surface area (Å²) < 4.78 is 5.98. The predicted molar refractivity (Wildman–Crippen MR) is 149 cm³/mol. The van der Waals surface area contributed by atoms with Gasteiger partial charge in [-0.25, -0.2) is 4.79 Å². The lowest BCUT2D eigenvalue weighted by molar-refractivity contribution is 0.00572. The van der Waals surface area contributed by atoms with Gasteiger partial charge in [0.1, 0.15) is 6.10 Å². The number of rotatable bonds is 7. The molecule has 0 aliphatic heterocycles. The van der Waals surface area contributed by atoms with Crippen LogP contribution in [0.15, 0.2) is 53.6 Å². The largest absolute Gasteiger partial charge is 0.458 e. The fraction of sp³-hybridized carbons (Fsp3) is 0.676. The molecule has 2 heteroatoms. The van der Waals surface area contributed by atoms with Crippen molar-refractivity contribution in [3.63, 3.8) is 0 Å². The molecule has 0 N–H and O–H groups in total. The number of hydrogen-bond acceptors (Lipinski definition) is 2. The van der Waals surface area contributed by atoms with E-state index in [1.807, 2.05) is 30.3 Å².